The number of carbonyl (C=O) groups is 2. The Hall–Kier alpha value is -3.15. The van der Waals surface area contributed by atoms with Gasteiger partial charge in [-0.15, -0.1) is 0 Å². The Labute approximate surface area is 176 Å². The first-order valence-electron chi connectivity index (χ1n) is 10.6. The number of likely N-dealkylation sites (tertiary alicyclic amines) is 1. The fourth-order valence-electron chi connectivity index (χ4n) is 4.07. The zero-order valence-corrected chi connectivity index (χ0v) is 17.4. The van der Waals surface area contributed by atoms with Crippen LogP contribution in [-0.2, 0) is 18.3 Å². The van der Waals surface area contributed by atoms with Gasteiger partial charge in [0, 0.05) is 39.3 Å². The number of aryl methyl sites for hydroxylation is 2. The average molecular weight is 405 g/mol. The highest BCUT2D eigenvalue weighted by atomic mass is 16.2. The van der Waals surface area contributed by atoms with Crippen LogP contribution < -0.4 is 5.32 Å². The van der Waals surface area contributed by atoms with Crippen molar-refractivity contribution in [1.82, 2.24) is 20.0 Å². The highest BCUT2D eigenvalue weighted by Gasteiger charge is 2.23. The van der Waals surface area contributed by atoms with Crippen molar-refractivity contribution < 1.29 is 9.59 Å². The maximum Gasteiger partial charge on any atom is 0.254 e. The normalized spacial score (nSPS) is 14.8. The Bertz CT molecular complexity index is 1030. The second-order valence-electron chi connectivity index (χ2n) is 8.12. The van der Waals surface area contributed by atoms with Crippen molar-refractivity contribution in [2.75, 3.05) is 19.6 Å². The molecule has 0 aliphatic carbocycles. The number of nitrogens with one attached hydrogen (secondary N) is 1. The average Bonchev–Trinajstić information content (AvgIpc) is 3.22. The SMILES string of the molecule is Cn1cc(C(=O)NCC2CCN(C(=O)CCc3ccc4ccccc4c3)CC2)cn1. The molecule has 1 N–H and O–H groups in total. The molecule has 3 aromatic rings. The Morgan fingerprint density at radius 2 is 1.87 bits per heavy atom. The van der Waals surface area contributed by atoms with Crippen LogP contribution in [0.15, 0.2) is 54.9 Å². The highest BCUT2D eigenvalue weighted by molar-refractivity contribution is 5.93. The first kappa shape index (κ1) is 20.1. The van der Waals surface area contributed by atoms with Crippen molar-refractivity contribution in [2.45, 2.75) is 25.7 Å². The lowest BCUT2D eigenvalue weighted by Crippen LogP contribution is -2.41. The monoisotopic (exact) mass is 404 g/mol. The molecule has 0 saturated carbocycles. The molecule has 0 atom stereocenters. The summed E-state index contributed by atoms with van der Waals surface area (Å²) in [6.07, 6.45) is 6.45. The van der Waals surface area contributed by atoms with E-state index in [2.05, 4.69) is 40.7 Å². The van der Waals surface area contributed by atoms with Gasteiger partial charge in [-0.25, -0.2) is 0 Å². The summed E-state index contributed by atoms with van der Waals surface area (Å²) >= 11 is 0. The molecule has 0 radical (unpaired) electrons. The number of hydrogen-bond acceptors (Lipinski definition) is 3. The van der Waals surface area contributed by atoms with Crippen LogP contribution in [0.1, 0.15) is 35.2 Å². The highest BCUT2D eigenvalue weighted by Crippen LogP contribution is 2.19. The van der Waals surface area contributed by atoms with Gasteiger partial charge in [0.25, 0.3) is 5.91 Å². The summed E-state index contributed by atoms with van der Waals surface area (Å²) in [6.45, 7) is 2.18. The molecular formula is C24H28N4O2. The van der Waals surface area contributed by atoms with Crippen LogP contribution in [0, 0.1) is 5.92 Å². The number of hydrogen-bond donors (Lipinski definition) is 1. The van der Waals surface area contributed by atoms with Gasteiger partial charge in [-0.05, 0) is 41.5 Å². The molecule has 30 heavy (non-hydrogen) atoms. The topological polar surface area (TPSA) is 67.2 Å². The van der Waals surface area contributed by atoms with E-state index in [0.29, 0.717) is 24.4 Å². The van der Waals surface area contributed by atoms with Crippen LogP contribution in [0.4, 0.5) is 0 Å². The van der Waals surface area contributed by atoms with E-state index in [1.54, 1.807) is 24.1 Å². The number of piperidine rings is 1. The third kappa shape index (κ3) is 4.87. The van der Waals surface area contributed by atoms with E-state index in [1.165, 1.54) is 16.3 Å². The van der Waals surface area contributed by atoms with Gasteiger partial charge in [0.05, 0.1) is 11.8 Å². The van der Waals surface area contributed by atoms with Crippen molar-refractivity contribution >= 4 is 22.6 Å². The lowest BCUT2D eigenvalue weighted by Gasteiger charge is -2.32. The fourth-order valence-corrected chi connectivity index (χ4v) is 4.07. The van der Waals surface area contributed by atoms with E-state index in [-0.39, 0.29) is 11.8 Å². The second-order valence-corrected chi connectivity index (χ2v) is 8.12. The number of benzene rings is 2. The first-order valence-corrected chi connectivity index (χ1v) is 10.6. The third-order valence-corrected chi connectivity index (χ3v) is 5.93. The quantitative estimate of drug-likeness (QED) is 0.686. The summed E-state index contributed by atoms with van der Waals surface area (Å²) in [5.41, 5.74) is 1.79. The van der Waals surface area contributed by atoms with Gasteiger partial charge in [-0.3, -0.25) is 14.3 Å². The predicted octanol–water partition coefficient (Wildman–Crippen LogP) is 3.17. The molecule has 1 aliphatic rings. The maximum absolute atomic E-state index is 12.6. The van der Waals surface area contributed by atoms with Crippen LogP contribution in [-0.4, -0.2) is 46.1 Å². The van der Waals surface area contributed by atoms with Gasteiger partial charge in [0.1, 0.15) is 0 Å². The maximum atomic E-state index is 12.6. The third-order valence-electron chi connectivity index (χ3n) is 5.93. The van der Waals surface area contributed by atoms with Gasteiger partial charge >= 0.3 is 0 Å². The molecule has 2 aromatic carbocycles. The van der Waals surface area contributed by atoms with Crippen LogP contribution in [0.25, 0.3) is 10.8 Å². The zero-order chi connectivity index (χ0) is 20.9. The van der Waals surface area contributed by atoms with Crippen molar-refractivity contribution in [3.8, 4) is 0 Å². The van der Waals surface area contributed by atoms with Crippen LogP contribution >= 0.6 is 0 Å². The Balaban J connectivity index is 1.20. The van der Waals surface area contributed by atoms with Crippen molar-refractivity contribution in [3.63, 3.8) is 0 Å². The van der Waals surface area contributed by atoms with Gasteiger partial charge in [0.2, 0.25) is 5.91 Å². The number of carbonyl (C=O) groups excluding carboxylic acids is 2. The molecule has 2 amide bonds. The second kappa shape index (κ2) is 9.11. The lowest BCUT2D eigenvalue weighted by atomic mass is 9.96. The van der Waals surface area contributed by atoms with Crippen LogP contribution in [0.3, 0.4) is 0 Å². The number of amides is 2. The summed E-state index contributed by atoms with van der Waals surface area (Å²) in [6, 6.07) is 14.7. The smallest absolute Gasteiger partial charge is 0.254 e. The van der Waals surface area contributed by atoms with Gasteiger partial charge < -0.3 is 10.2 Å². The largest absolute Gasteiger partial charge is 0.352 e. The molecule has 1 aromatic heterocycles. The van der Waals surface area contributed by atoms with Crippen molar-refractivity contribution in [3.05, 3.63) is 66.0 Å². The summed E-state index contributed by atoms with van der Waals surface area (Å²) < 4.78 is 1.62. The Morgan fingerprint density at radius 3 is 2.60 bits per heavy atom. The molecule has 6 nitrogen and oxygen atoms in total. The van der Waals surface area contributed by atoms with Crippen LogP contribution in [0.2, 0.25) is 0 Å². The molecule has 4 rings (SSSR count). The first-order chi connectivity index (χ1) is 14.6. The molecule has 0 unspecified atom stereocenters. The number of fused-ring (bicyclic) bond motifs is 1. The molecule has 0 spiro atoms. The standard InChI is InChI=1S/C24H28N4O2/c1-27-17-22(16-26-27)24(30)25-15-19-10-12-28(13-11-19)23(29)9-7-18-6-8-20-4-2-3-5-21(20)14-18/h2-6,8,14,16-17,19H,7,9-13,15H2,1H3,(H,25,30). The summed E-state index contributed by atoms with van der Waals surface area (Å²) in [4.78, 5) is 26.8. The molecule has 2 heterocycles. The molecule has 1 fully saturated rings. The Morgan fingerprint density at radius 1 is 1.10 bits per heavy atom. The molecule has 156 valence electrons. The summed E-state index contributed by atoms with van der Waals surface area (Å²) in [5, 5.41) is 9.47. The summed E-state index contributed by atoms with van der Waals surface area (Å²) in [7, 11) is 1.80. The van der Waals surface area contributed by atoms with E-state index < -0.39 is 0 Å². The molecule has 0 bridgehead atoms. The van der Waals surface area contributed by atoms with E-state index in [9.17, 15) is 9.59 Å². The zero-order valence-electron chi connectivity index (χ0n) is 17.4. The van der Waals surface area contributed by atoms with E-state index in [0.717, 1.165) is 32.4 Å². The minimum Gasteiger partial charge on any atom is -0.352 e. The van der Waals surface area contributed by atoms with E-state index in [1.807, 2.05) is 17.0 Å². The fraction of sp³-hybridized carbons (Fsp3) is 0.375. The van der Waals surface area contributed by atoms with E-state index in [4.69, 9.17) is 0 Å². The van der Waals surface area contributed by atoms with E-state index >= 15 is 0 Å². The van der Waals surface area contributed by atoms with Gasteiger partial charge in [-0.1, -0.05) is 42.5 Å². The minimum absolute atomic E-state index is 0.0861. The Kier molecular flexibility index (Phi) is 6.12. The molecular weight excluding hydrogens is 376 g/mol. The molecule has 6 heteroatoms. The molecule has 1 aliphatic heterocycles. The number of aromatic nitrogens is 2. The molecule has 1 saturated heterocycles. The van der Waals surface area contributed by atoms with Gasteiger partial charge in [0.15, 0.2) is 0 Å². The summed E-state index contributed by atoms with van der Waals surface area (Å²) in [5.74, 6) is 0.549. The lowest BCUT2D eigenvalue weighted by molar-refractivity contribution is -0.132. The van der Waals surface area contributed by atoms with Crippen LogP contribution in [0.5, 0.6) is 0 Å². The van der Waals surface area contributed by atoms with Crippen molar-refractivity contribution in [1.29, 1.82) is 0 Å². The predicted molar refractivity (Wildman–Crippen MR) is 117 cm³/mol. The van der Waals surface area contributed by atoms with Gasteiger partial charge in [-0.2, -0.15) is 5.10 Å². The number of nitrogens with zero attached hydrogens (tertiary/aromatic N) is 3. The van der Waals surface area contributed by atoms with Crippen molar-refractivity contribution in [2.24, 2.45) is 13.0 Å². The minimum atomic E-state index is -0.0861. The number of rotatable bonds is 6.